The van der Waals surface area contributed by atoms with Crippen molar-refractivity contribution in [3.05, 3.63) is 10.8 Å². The van der Waals surface area contributed by atoms with Crippen molar-refractivity contribution in [3.63, 3.8) is 0 Å². The van der Waals surface area contributed by atoms with Crippen molar-refractivity contribution in [1.82, 2.24) is 9.97 Å². The second-order valence-corrected chi connectivity index (χ2v) is 3.76. The number of anilines is 2. The molecule has 0 aliphatic heterocycles. The smallest absolute Gasteiger partial charge is 0.397 e. The first-order valence-corrected chi connectivity index (χ1v) is 5.82. The lowest BCUT2D eigenvalue weighted by Crippen LogP contribution is -2.26. The van der Waals surface area contributed by atoms with E-state index in [9.17, 15) is 9.59 Å². The van der Waals surface area contributed by atoms with Crippen LogP contribution in [0, 0.1) is 0 Å². The molecule has 0 unspecified atom stereocenters. The van der Waals surface area contributed by atoms with E-state index in [1.807, 2.05) is 0 Å². The summed E-state index contributed by atoms with van der Waals surface area (Å²) in [6.07, 6.45) is 1.38. The van der Waals surface area contributed by atoms with Crippen molar-refractivity contribution in [2.75, 3.05) is 23.9 Å². The monoisotopic (exact) mass is 317 g/mol. The number of hydrogen-bond acceptors (Lipinski definition) is 7. The van der Waals surface area contributed by atoms with Gasteiger partial charge in [0.15, 0.2) is 11.6 Å². The van der Waals surface area contributed by atoms with E-state index in [0.29, 0.717) is 4.60 Å². The molecule has 1 heterocycles. The minimum Gasteiger partial charge on any atom is -0.459 e. The summed E-state index contributed by atoms with van der Waals surface area (Å²) < 4.78 is 5.01. The van der Waals surface area contributed by atoms with Gasteiger partial charge in [0.05, 0.1) is 19.5 Å². The van der Waals surface area contributed by atoms with Gasteiger partial charge in [0.2, 0.25) is 0 Å². The molecule has 4 N–H and O–H groups in total. The fourth-order valence-electron chi connectivity index (χ4n) is 1.03. The Morgan fingerprint density at radius 2 is 2.22 bits per heavy atom. The molecule has 98 valence electrons. The molecule has 1 rings (SSSR count). The van der Waals surface area contributed by atoms with Gasteiger partial charge in [-0.25, -0.2) is 14.8 Å². The van der Waals surface area contributed by atoms with Gasteiger partial charge in [-0.15, -0.1) is 0 Å². The number of aromatic nitrogens is 2. The lowest BCUT2D eigenvalue weighted by Gasteiger charge is -2.09. The molecule has 1 aromatic heterocycles. The minimum atomic E-state index is -0.985. The van der Waals surface area contributed by atoms with Crippen LogP contribution in [0.4, 0.5) is 11.6 Å². The summed E-state index contributed by atoms with van der Waals surface area (Å²) in [5.41, 5.74) is 5.32. The van der Waals surface area contributed by atoms with Crippen molar-refractivity contribution in [1.29, 1.82) is 0 Å². The zero-order valence-corrected chi connectivity index (χ0v) is 11.2. The number of amides is 1. The first-order valence-electron chi connectivity index (χ1n) is 5.03. The number of nitrogens with two attached hydrogens (primary N) is 1. The Morgan fingerprint density at radius 1 is 1.50 bits per heavy atom. The third-order valence-electron chi connectivity index (χ3n) is 1.71. The van der Waals surface area contributed by atoms with Crippen molar-refractivity contribution >= 4 is 39.4 Å². The average molecular weight is 318 g/mol. The van der Waals surface area contributed by atoms with Gasteiger partial charge < -0.3 is 15.8 Å². The number of hydrogen-bond donors (Lipinski definition) is 3. The summed E-state index contributed by atoms with van der Waals surface area (Å²) in [7, 11) is 0. The van der Waals surface area contributed by atoms with Crippen LogP contribution < -0.4 is 16.4 Å². The van der Waals surface area contributed by atoms with Gasteiger partial charge in [0.25, 0.3) is 0 Å². The normalized spacial score (nSPS) is 9.72. The first kappa shape index (κ1) is 14.3. The van der Waals surface area contributed by atoms with Crippen molar-refractivity contribution in [3.8, 4) is 0 Å². The first-order chi connectivity index (χ1) is 8.58. The Balaban J connectivity index is 2.83. The van der Waals surface area contributed by atoms with Gasteiger partial charge in [0.1, 0.15) is 4.60 Å². The lowest BCUT2D eigenvalue weighted by atomic mass is 10.5. The van der Waals surface area contributed by atoms with E-state index in [-0.39, 0.29) is 24.9 Å². The SMILES string of the molecule is CCOC(=O)C(=O)Nc1ncc(Br)nc1NCN. The summed E-state index contributed by atoms with van der Waals surface area (Å²) in [6, 6.07) is 0. The van der Waals surface area contributed by atoms with Crippen LogP contribution in [0.2, 0.25) is 0 Å². The molecule has 0 aliphatic rings. The molecule has 0 aromatic carbocycles. The van der Waals surface area contributed by atoms with E-state index < -0.39 is 11.9 Å². The summed E-state index contributed by atoms with van der Waals surface area (Å²) in [6.45, 7) is 1.83. The molecule has 0 saturated heterocycles. The Hall–Kier alpha value is -1.74. The van der Waals surface area contributed by atoms with Crippen molar-refractivity contribution in [2.24, 2.45) is 5.73 Å². The molecule has 1 amide bonds. The quantitative estimate of drug-likeness (QED) is 0.408. The van der Waals surface area contributed by atoms with Crippen LogP contribution in [-0.2, 0) is 14.3 Å². The minimum absolute atomic E-state index is 0.0988. The number of nitrogens with one attached hydrogen (secondary N) is 2. The fraction of sp³-hybridized carbons (Fsp3) is 0.333. The molecule has 0 aliphatic carbocycles. The Labute approximate surface area is 111 Å². The van der Waals surface area contributed by atoms with Gasteiger partial charge in [-0.2, -0.15) is 0 Å². The maximum absolute atomic E-state index is 11.4. The number of carbonyl (C=O) groups is 2. The Morgan fingerprint density at radius 3 is 2.83 bits per heavy atom. The van der Waals surface area contributed by atoms with E-state index in [2.05, 4.69) is 41.3 Å². The predicted molar refractivity (Wildman–Crippen MR) is 67.7 cm³/mol. The predicted octanol–water partition coefficient (Wildman–Crippen LogP) is 0.0688. The van der Waals surface area contributed by atoms with Crippen LogP contribution in [0.3, 0.4) is 0 Å². The van der Waals surface area contributed by atoms with Crippen LogP contribution in [0.1, 0.15) is 6.92 Å². The van der Waals surface area contributed by atoms with Crippen LogP contribution in [0.15, 0.2) is 10.8 Å². The summed E-state index contributed by atoms with van der Waals surface area (Å²) >= 11 is 3.13. The summed E-state index contributed by atoms with van der Waals surface area (Å²) in [5, 5.41) is 4.98. The van der Waals surface area contributed by atoms with Crippen LogP contribution in [0.25, 0.3) is 0 Å². The van der Waals surface area contributed by atoms with Crippen LogP contribution >= 0.6 is 15.9 Å². The third-order valence-corrected chi connectivity index (χ3v) is 2.09. The molecule has 1 aromatic rings. The number of halogens is 1. The Kier molecular flexibility index (Phi) is 5.46. The molecule has 0 spiro atoms. The maximum atomic E-state index is 11.4. The number of nitrogens with zero attached hydrogens (tertiary/aromatic N) is 2. The van der Waals surface area contributed by atoms with Gasteiger partial charge in [-0.05, 0) is 22.9 Å². The number of esters is 1. The summed E-state index contributed by atoms with van der Waals surface area (Å²) in [4.78, 5) is 30.5. The second kappa shape index (κ2) is 6.87. The van der Waals surface area contributed by atoms with Gasteiger partial charge in [-0.3, -0.25) is 10.1 Å². The van der Waals surface area contributed by atoms with E-state index in [4.69, 9.17) is 5.73 Å². The van der Waals surface area contributed by atoms with E-state index >= 15 is 0 Å². The standard InChI is InChI=1S/C9H12BrN5O3/c1-2-18-9(17)8(16)15-6-7(13-4-11)14-5(10)3-12-6/h3H,2,4,11H2,1H3,(H,13,14)(H,12,15,16). The topological polar surface area (TPSA) is 119 Å². The molecule has 0 radical (unpaired) electrons. The van der Waals surface area contributed by atoms with Crippen LogP contribution in [0.5, 0.6) is 0 Å². The number of ether oxygens (including phenoxy) is 1. The summed E-state index contributed by atoms with van der Waals surface area (Å²) in [5.74, 6) is -1.55. The zero-order valence-electron chi connectivity index (χ0n) is 9.57. The lowest BCUT2D eigenvalue weighted by molar-refractivity contribution is -0.152. The number of rotatable bonds is 4. The highest BCUT2D eigenvalue weighted by atomic mass is 79.9. The molecule has 0 saturated carbocycles. The van der Waals surface area contributed by atoms with Crippen molar-refractivity contribution in [2.45, 2.75) is 6.92 Å². The van der Waals surface area contributed by atoms with E-state index in [1.165, 1.54) is 6.20 Å². The van der Waals surface area contributed by atoms with Gasteiger partial charge in [0, 0.05) is 0 Å². The van der Waals surface area contributed by atoms with Gasteiger partial charge >= 0.3 is 11.9 Å². The second-order valence-electron chi connectivity index (χ2n) is 2.95. The molecular weight excluding hydrogens is 306 g/mol. The fourth-order valence-corrected chi connectivity index (χ4v) is 1.31. The number of carbonyl (C=O) groups excluding carboxylic acids is 2. The van der Waals surface area contributed by atoms with Crippen molar-refractivity contribution < 1.29 is 14.3 Å². The van der Waals surface area contributed by atoms with E-state index in [0.717, 1.165) is 0 Å². The molecule has 9 heteroatoms. The molecule has 0 atom stereocenters. The highest BCUT2D eigenvalue weighted by Gasteiger charge is 2.17. The Bertz CT molecular complexity index is 454. The molecule has 18 heavy (non-hydrogen) atoms. The maximum Gasteiger partial charge on any atom is 0.397 e. The molecule has 0 fully saturated rings. The highest BCUT2D eigenvalue weighted by Crippen LogP contribution is 2.18. The third kappa shape index (κ3) is 3.93. The molecular formula is C9H12BrN5O3. The zero-order chi connectivity index (χ0) is 13.5. The largest absolute Gasteiger partial charge is 0.459 e. The van der Waals surface area contributed by atoms with E-state index in [1.54, 1.807) is 6.92 Å². The molecule has 8 nitrogen and oxygen atoms in total. The highest BCUT2D eigenvalue weighted by molar-refractivity contribution is 9.10. The molecule has 0 bridgehead atoms. The average Bonchev–Trinajstić information content (AvgIpc) is 2.33. The van der Waals surface area contributed by atoms with Crippen LogP contribution in [-0.4, -0.2) is 35.1 Å². The van der Waals surface area contributed by atoms with Gasteiger partial charge in [-0.1, -0.05) is 0 Å².